The van der Waals surface area contributed by atoms with Gasteiger partial charge in [0.05, 0.1) is 5.92 Å². The lowest BCUT2D eigenvalue weighted by atomic mass is 10.1. The third kappa shape index (κ3) is 1.24. The summed E-state index contributed by atoms with van der Waals surface area (Å²) in [5.41, 5.74) is 1.87. The van der Waals surface area contributed by atoms with Gasteiger partial charge in [0.2, 0.25) is 0 Å². The fraction of sp³-hybridized carbons (Fsp3) is 0.182. The first kappa shape index (κ1) is 8.05. The summed E-state index contributed by atoms with van der Waals surface area (Å²) in [5, 5.41) is 8.79. The van der Waals surface area contributed by atoms with Gasteiger partial charge < -0.3 is 5.11 Å². The molecule has 0 amide bonds. The van der Waals surface area contributed by atoms with E-state index in [2.05, 4.69) is 6.58 Å². The van der Waals surface area contributed by atoms with Crippen LogP contribution in [0.2, 0.25) is 0 Å². The highest BCUT2D eigenvalue weighted by atomic mass is 16.4. The second-order valence-corrected chi connectivity index (χ2v) is 3.28. The van der Waals surface area contributed by atoms with Crippen LogP contribution in [0.25, 0.3) is 0 Å². The van der Waals surface area contributed by atoms with Crippen molar-refractivity contribution >= 4 is 5.97 Å². The molecule has 1 saturated carbocycles. The first-order valence-electron chi connectivity index (χ1n) is 4.18. The molecule has 66 valence electrons. The molecule has 2 heteroatoms. The van der Waals surface area contributed by atoms with Crippen molar-refractivity contribution in [3.63, 3.8) is 0 Å². The maximum Gasteiger partial charge on any atom is 0.311 e. The third-order valence-electron chi connectivity index (χ3n) is 2.45. The minimum Gasteiger partial charge on any atom is -0.481 e. The molecule has 1 fully saturated rings. The molecule has 1 aliphatic rings. The van der Waals surface area contributed by atoms with Gasteiger partial charge in [-0.25, -0.2) is 0 Å². The largest absolute Gasteiger partial charge is 0.481 e. The number of hydrogen-bond acceptors (Lipinski definition) is 1. The van der Waals surface area contributed by atoms with Crippen LogP contribution in [0.15, 0.2) is 42.5 Å². The van der Waals surface area contributed by atoms with E-state index in [0.717, 1.165) is 11.1 Å². The second kappa shape index (κ2) is 2.73. The van der Waals surface area contributed by atoms with E-state index in [9.17, 15) is 4.79 Å². The van der Waals surface area contributed by atoms with Crippen LogP contribution in [0.4, 0.5) is 0 Å². The van der Waals surface area contributed by atoms with Crippen molar-refractivity contribution in [2.45, 2.75) is 5.92 Å². The number of aliphatic carboxylic acids is 1. The molecule has 2 rings (SSSR count). The highest BCUT2D eigenvalue weighted by molar-refractivity contribution is 5.82. The molecule has 0 aromatic heterocycles. The first-order valence-corrected chi connectivity index (χ1v) is 4.18. The summed E-state index contributed by atoms with van der Waals surface area (Å²) in [5.74, 6) is -1.08. The second-order valence-electron chi connectivity index (χ2n) is 3.28. The summed E-state index contributed by atoms with van der Waals surface area (Å²) >= 11 is 0. The zero-order valence-electron chi connectivity index (χ0n) is 7.10. The number of carbonyl (C=O) groups is 1. The van der Waals surface area contributed by atoms with Gasteiger partial charge in [0.15, 0.2) is 0 Å². The van der Waals surface area contributed by atoms with Crippen molar-refractivity contribution in [3.8, 4) is 0 Å². The number of carboxylic acids is 1. The maximum absolute atomic E-state index is 10.7. The van der Waals surface area contributed by atoms with Crippen molar-refractivity contribution < 1.29 is 9.90 Å². The topological polar surface area (TPSA) is 37.3 Å². The molecular weight excluding hydrogens is 164 g/mol. The van der Waals surface area contributed by atoms with E-state index in [-0.39, 0.29) is 11.8 Å². The predicted molar refractivity (Wildman–Crippen MR) is 49.4 cm³/mol. The minimum atomic E-state index is -0.765. The molecule has 2 atom stereocenters. The number of hydrogen-bond donors (Lipinski definition) is 1. The lowest BCUT2D eigenvalue weighted by molar-refractivity contribution is -0.138. The van der Waals surface area contributed by atoms with Crippen molar-refractivity contribution in [3.05, 3.63) is 48.0 Å². The summed E-state index contributed by atoms with van der Waals surface area (Å²) in [6, 6.07) is 9.64. The van der Waals surface area contributed by atoms with Crippen molar-refractivity contribution in [1.29, 1.82) is 0 Å². The van der Waals surface area contributed by atoms with Crippen LogP contribution in [0.3, 0.4) is 0 Å². The average Bonchev–Trinajstić information content (AvgIpc) is 2.79. The SMILES string of the molecule is C=C1[C@@H](C(=O)O)[C@@H]1c1ccccc1. The van der Waals surface area contributed by atoms with Crippen molar-refractivity contribution in [2.75, 3.05) is 0 Å². The summed E-state index contributed by atoms with van der Waals surface area (Å²) in [6.07, 6.45) is 0. The first-order chi connectivity index (χ1) is 6.22. The van der Waals surface area contributed by atoms with E-state index in [1.165, 1.54) is 0 Å². The zero-order valence-corrected chi connectivity index (χ0v) is 7.10. The Kier molecular flexibility index (Phi) is 1.69. The average molecular weight is 174 g/mol. The molecule has 1 aromatic carbocycles. The van der Waals surface area contributed by atoms with Crippen LogP contribution in [-0.2, 0) is 4.79 Å². The predicted octanol–water partition coefficient (Wildman–Crippen LogP) is 2.04. The van der Waals surface area contributed by atoms with E-state index in [1.807, 2.05) is 30.3 Å². The van der Waals surface area contributed by atoms with Gasteiger partial charge in [0, 0.05) is 5.92 Å². The van der Waals surface area contributed by atoms with Crippen LogP contribution in [0.5, 0.6) is 0 Å². The van der Waals surface area contributed by atoms with Gasteiger partial charge in [0.1, 0.15) is 0 Å². The van der Waals surface area contributed by atoms with Crippen molar-refractivity contribution in [1.82, 2.24) is 0 Å². The number of benzene rings is 1. The lowest BCUT2D eigenvalue weighted by Gasteiger charge is -1.94. The van der Waals surface area contributed by atoms with Gasteiger partial charge in [-0.1, -0.05) is 42.5 Å². The van der Waals surface area contributed by atoms with Crippen molar-refractivity contribution in [2.24, 2.45) is 5.92 Å². The van der Waals surface area contributed by atoms with E-state index >= 15 is 0 Å². The molecule has 0 heterocycles. The Balaban J connectivity index is 2.23. The highest BCUT2D eigenvalue weighted by Crippen LogP contribution is 2.52. The quantitative estimate of drug-likeness (QED) is 0.696. The third-order valence-corrected chi connectivity index (χ3v) is 2.45. The molecule has 0 radical (unpaired) electrons. The maximum atomic E-state index is 10.7. The van der Waals surface area contributed by atoms with Crippen LogP contribution in [0.1, 0.15) is 11.5 Å². The van der Waals surface area contributed by atoms with Gasteiger partial charge in [-0.05, 0) is 5.56 Å². The molecule has 0 spiro atoms. The fourth-order valence-corrected chi connectivity index (χ4v) is 1.68. The van der Waals surface area contributed by atoms with Crippen LogP contribution < -0.4 is 0 Å². The fourth-order valence-electron chi connectivity index (χ4n) is 1.68. The molecule has 1 aromatic rings. The Morgan fingerprint density at radius 1 is 1.31 bits per heavy atom. The Morgan fingerprint density at radius 2 is 1.92 bits per heavy atom. The zero-order chi connectivity index (χ0) is 9.42. The summed E-state index contributed by atoms with van der Waals surface area (Å²) < 4.78 is 0. The minimum absolute atomic E-state index is 0.0405. The van der Waals surface area contributed by atoms with Gasteiger partial charge in [-0.2, -0.15) is 0 Å². The molecule has 1 N–H and O–H groups in total. The van der Waals surface area contributed by atoms with Crippen LogP contribution in [0, 0.1) is 5.92 Å². The van der Waals surface area contributed by atoms with Gasteiger partial charge in [-0.15, -0.1) is 0 Å². The number of rotatable bonds is 2. The molecule has 0 aliphatic heterocycles. The van der Waals surface area contributed by atoms with Gasteiger partial charge in [-0.3, -0.25) is 4.79 Å². The normalized spacial score (nSPS) is 25.7. The standard InChI is InChI=1S/C11H10O2/c1-7-9(10(7)11(12)13)8-5-3-2-4-6-8/h2-6,9-10H,1H2,(H,12,13)/t9-,10+/m0/s1. The highest BCUT2D eigenvalue weighted by Gasteiger charge is 2.48. The summed E-state index contributed by atoms with van der Waals surface area (Å²) in [7, 11) is 0. The van der Waals surface area contributed by atoms with Gasteiger partial charge >= 0.3 is 5.97 Å². The van der Waals surface area contributed by atoms with Gasteiger partial charge in [0.25, 0.3) is 0 Å². The Bertz CT molecular complexity index is 354. The van der Waals surface area contributed by atoms with E-state index < -0.39 is 5.97 Å². The molecule has 13 heavy (non-hydrogen) atoms. The molecule has 0 bridgehead atoms. The molecule has 2 nitrogen and oxygen atoms in total. The Labute approximate surface area is 76.5 Å². The molecule has 1 aliphatic carbocycles. The molecule has 0 saturated heterocycles. The Morgan fingerprint density at radius 3 is 2.38 bits per heavy atom. The Hall–Kier alpha value is -1.57. The van der Waals surface area contributed by atoms with Crippen LogP contribution in [-0.4, -0.2) is 11.1 Å². The summed E-state index contributed by atoms with van der Waals surface area (Å²) in [4.78, 5) is 10.7. The monoisotopic (exact) mass is 174 g/mol. The van der Waals surface area contributed by atoms with E-state index in [1.54, 1.807) is 0 Å². The smallest absolute Gasteiger partial charge is 0.311 e. The van der Waals surface area contributed by atoms with E-state index in [0.29, 0.717) is 0 Å². The molecule has 0 unspecified atom stereocenters. The van der Waals surface area contributed by atoms with E-state index in [4.69, 9.17) is 5.11 Å². The number of carboxylic acid groups (broad SMARTS) is 1. The van der Waals surface area contributed by atoms with Crippen LogP contribution >= 0.6 is 0 Å². The lowest BCUT2D eigenvalue weighted by Crippen LogP contribution is -1.98. The molecular formula is C11H10O2. The summed E-state index contributed by atoms with van der Waals surface area (Å²) in [6.45, 7) is 3.75.